The molecule has 0 atom stereocenters. The second-order valence-electron chi connectivity index (χ2n) is 5.22. The number of aromatic nitrogens is 1. The molecule has 1 heterocycles. The average molecular weight is 283 g/mol. The van der Waals surface area contributed by atoms with Crippen molar-refractivity contribution in [1.82, 2.24) is 10.3 Å². The van der Waals surface area contributed by atoms with Gasteiger partial charge < -0.3 is 5.32 Å². The van der Waals surface area contributed by atoms with Gasteiger partial charge in [-0.2, -0.15) is 0 Å². The molecular weight excluding hydrogens is 260 g/mol. The highest BCUT2D eigenvalue weighted by atomic mass is 35.5. The number of pyridine rings is 1. The molecule has 0 saturated carbocycles. The topological polar surface area (TPSA) is 42.0 Å². The van der Waals surface area contributed by atoms with Gasteiger partial charge in [0.25, 0.3) is 5.91 Å². The molecule has 1 aromatic heterocycles. The minimum absolute atomic E-state index is 0.0773. The van der Waals surface area contributed by atoms with Gasteiger partial charge in [-0.3, -0.25) is 4.79 Å². The van der Waals surface area contributed by atoms with Gasteiger partial charge in [-0.1, -0.05) is 51.1 Å². The van der Waals surface area contributed by atoms with Crippen molar-refractivity contribution in [2.75, 3.05) is 6.54 Å². The van der Waals surface area contributed by atoms with E-state index in [2.05, 4.69) is 24.1 Å². The van der Waals surface area contributed by atoms with Crippen LogP contribution in [0.4, 0.5) is 0 Å². The molecule has 0 aliphatic carbocycles. The number of halogens is 1. The molecular formula is C15H23ClN2O. The highest BCUT2D eigenvalue weighted by Crippen LogP contribution is 2.09. The summed E-state index contributed by atoms with van der Waals surface area (Å²) in [6.45, 7) is 5.22. The first-order valence-electron chi connectivity index (χ1n) is 6.99. The van der Waals surface area contributed by atoms with Gasteiger partial charge >= 0.3 is 0 Å². The lowest BCUT2D eigenvalue weighted by molar-refractivity contribution is 0.0953. The second-order valence-corrected chi connectivity index (χ2v) is 5.61. The molecule has 0 spiro atoms. The van der Waals surface area contributed by atoms with Crippen LogP contribution in [-0.4, -0.2) is 17.4 Å². The van der Waals surface area contributed by atoms with Crippen molar-refractivity contribution >= 4 is 17.5 Å². The van der Waals surface area contributed by atoms with Crippen molar-refractivity contribution in [1.29, 1.82) is 0 Å². The summed E-state index contributed by atoms with van der Waals surface area (Å²) in [6, 6.07) is 3.25. The summed E-state index contributed by atoms with van der Waals surface area (Å²) in [7, 11) is 0. The smallest absolute Gasteiger partial charge is 0.251 e. The number of amides is 1. The molecule has 3 nitrogen and oxygen atoms in total. The van der Waals surface area contributed by atoms with Crippen molar-refractivity contribution < 1.29 is 4.79 Å². The summed E-state index contributed by atoms with van der Waals surface area (Å²) in [5.74, 6) is 0.711. The van der Waals surface area contributed by atoms with E-state index < -0.39 is 0 Å². The standard InChI is InChI=1S/C15H23ClN2O/c1-12(2)7-5-3-4-6-9-18-15(19)13-8-10-17-14(16)11-13/h8,10-12H,3-7,9H2,1-2H3,(H,18,19). The summed E-state index contributed by atoms with van der Waals surface area (Å²) in [4.78, 5) is 15.6. The molecule has 1 aromatic rings. The predicted octanol–water partition coefficient (Wildman–Crippen LogP) is 4.07. The molecule has 0 aliphatic rings. The Morgan fingerprint density at radius 1 is 1.32 bits per heavy atom. The first-order valence-corrected chi connectivity index (χ1v) is 7.37. The van der Waals surface area contributed by atoms with Crippen LogP contribution in [0.15, 0.2) is 18.3 Å². The molecule has 0 aromatic carbocycles. The van der Waals surface area contributed by atoms with Gasteiger partial charge in [-0.25, -0.2) is 4.98 Å². The van der Waals surface area contributed by atoms with Crippen LogP contribution in [0.5, 0.6) is 0 Å². The zero-order valence-corrected chi connectivity index (χ0v) is 12.5. The average Bonchev–Trinajstić information content (AvgIpc) is 2.37. The third kappa shape index (κ3) is 7.16. The van der Waals surface area contributed by atoms with Gasteiger partial charge in [0.05, 0.1) is 0 Å². The Hall–Kier alpha value is -1.09. The highest BCUT2D eigenvalue weighted by Gasteiger charge is 2.05. The predicted molar refractivity (Wildman–Crippen MR) is 79.5 cm³/mol. The molecule has 4 heteroatoms. The van der Waals surface area contributed by atoms with Crippen molar-refractivity contribution in [3.63, 3.8) is 0 Å². The van der Waals surface area contributed by atoms with Crippen LogP contribution >= 0.6 is 11.6 Å². The van der Waals surface area contributed by atoms with Crippen LogP contribution in [0.3, 0.4) is 0 Å². The Morgan fingerprint density at radius 3 is 2.74 bits per heavy atom. The summed E-state index contributed by atoms with van der Waals surface area (Å²) in [5.41, 5.74) is 0.569. The zero-order valence-electron chi connectivity index (χ0n) is 11.8. The SMILES string of the molecule is CC(C)CCCCCCNC(=O)c1ccnc(Cl)c1. The quantitative estimate of drug-likeness (QED) is 0.577. The van der Waals surface area contributed by atoms with Gasteiger partial charge in [0.1, 0.15) is 5.15 Å². The third-order valence-electron chi connectivity index (χ3n) is 2.98. The maximum absolute atomic E-state index is 11.8. The number of hydrogen-bond acceptors (Lipinski definition) is 2. The maximum atomic E-state index is 11.8. The van der Waals surface area contributed by atoms with Crippen LogP contribution < -0.4 is 5.32 Å². The van der Waals surface area contributed by atoms with Crippen LogP contribution in [0.25, 0.3) is 0 Å². The van der Waals surface area contributed by atoms with Crippen molar-refractivity contribution in [2.45, 2.75) is 46.0 Å². The minimum Gasteiger partial charge on any atom is -0.352 e. The summed E-state index contributed by atoms with van der Waals surface area (Å²) >= 11 is 5.74. The van der Waals surface area contributed by atoms with E-state index in [1.165, 1.54) is 25.7 Å². The minimum atomic E-state index is -0.0773. The molecule has 0 unspecified atom stereocenters. The Morgan fingerprint density at radius 2 is 2.05 bits per heavy atom. The summed E-state index contributed by atoms with van der Waals surface area (Å²) in [5, 5.41) is 3.25. The Kier molecular flexibility index (Phi) is 7.49. The lowest BCUT2D eigenvalue weighted by atomic mass is 10.0. The Labute approximate surface area is 120 Å². The van der Waals surface area contributed by atoms with E-state index in [4.69, 9.17) is 11.6 Å². The second kappa shape index (κ2) is 8.92. The fourth-order valence-corrected chi connectivity index (χ4v) is 2.05. The first kappa shape index (κ1) is 16.0. The van der Waals surface area contributed by atoms with Gasteiger partial charge in [-0.15, -0.1) is 0 Å². The summed E-state index contributed by atoms with van der Waals surface area (Å²) in [6.07, 6.45) is 7.57. The van der Waals surface area contributed by atoms with E-state index in [0.717, 1.165) is 18.9 Å². The van der Waals surface area contributed by atoms with Gasteiger partial charge in [0.2, 0.25) is 0 Å². The zero-order chi connectivity index (χ0) is 14.1. The normalized spacial score (nSPS) is 10.7. The highest BCUT2D eigenvalue weighted by molar-refractivity contribution is 6.29. The lowest BCUT2D eigenvalue weighted by Gasteiger charge is -2.06. The monoisotopic (exact) mass is 282 g/mol. The van der Waals surface area contributed by atoms with E-state index in [-0.39, 0.29) is 5.91 Å². The fourth-order valence-electron chi connectivity index (χ4n) is 1.88. The molecule has 1 rings (SSSR count). The van der Waals surface area contributed by atoms with E-state index >= 15 is 0 Å². The summed E-state index contributed by atoms with van der Waals surface area (Å²) < 4.78 is 0. The molecule has 106 valence electrons. The van der Waals surface area contributed by atoms with Gasteiger partial charge in [0, 0.05) is 18.3 Å². The molecule has 0 bridgehead atoms. The molecule has 0 aliphatic heterocycles. The van der Waals surface area contributed by atoms with Crippen molar-refractivity contribution in [2.24, 2.45) is 5.92 Å². The number of unbranched alkanes of at least 4 members (excludes halogenated alkanes) is 3. The number of nitrogens with one attached hydrogen (secondary N) is 1. The largest absolute Gasteiger partial charge is 0.352 e. The first-order chi connectivity index (χ1) is 9.09. The lowest BCUT2D eigenvalue weighted by Crippen LogP contribution is -2.24. The number of rotatable bonds is 8. The van der Waals surface area contributed by atoms with E-state index in [1.807, 2.05) is 0 Å². The number of carbonyl (C=O) groups excluding carboxylic acids is 1. The molecule has 0 radical (unpaired) electrons. The van der Waals surface area contributed by atoms with E-state index in [9.17, 15) is 4.79 Å². The van der Waals surface area contributed by atoms with Crippen LogP contribution in [0.2, 0.25) is 5.15 Å². The van der Waals surface area contributed by atoms with Crippen molar-refractivity contribution in [3.8, 4) is 0 Å². The molecule has 0 fully saturated rings. The number of nitrogens with zero attached hydrogens (tertiary/aromatic N) is 1. The number of hydrogen-bond donors (Lipinski definition) is 1. The third-order valence-corrected chi connectivity index (χ3v) is 3.19. The van der Waals surface area contributed by atoms with Crippen LogP contribution in [0, 0.1) is 5.92 Å². The molecule has 1 N–H and O–H groups in total. The maximum Gasteiger partial charge on any atom is 0.251 e. The van der Waals surface area contributed by atoms with Gasteiger partial charge in [-0.05, 0) is 24.5 Å². The Balaban J connectivity index is 2.11. The van der Waals surface area contributed by atoms with Gasteiger partial charge in [0.15, 0.2) is 0 Å². The number of carbonyl (C=O) groups is 1. The molecule has 0 saturated heterocycles. The van der Waals surface area contributed by atoms with Crippen LogP contribution in [-0.2, 0) is 0 Å². The van der Waals surface area contributed by atoms with Crippen LogP contribution in [0.1, 0.15) is 56.3 Å². The molecule has 19 heavy (non-hydrogen) atoms. The van der Waals surface area contributed by atoms with E-state index in [1.54, 1.807) is 18.3 Å². The van der Waals surface area contributed by atoms with E-state index in [0.29, 0.717) is 10.7 Å². The van der Waals surface area contributed by atoms with Crippen molar-refractivity contribution in [3.05, 3.63) is 29.0 Å². The molecule has 1 amide bonds. The fraction of sp³-hybridized carbons (Fsp3) is 0.600. The Bertz CT molecular complexity index is 393.